The molecule has 0 radical (unpaired) electrons. The van der Waals surface area contributed by atoms with E-state index >= 15 is 0 Å². The molecule has 2 aromatic carbocycles. The zero-order valence-corrected chi connectivity index (χ0v) is 17.4. The van der Waals surface area contributed by atoms with Gasteiger partial charge in [0.05, 0.1) is 12.8 Å². The zero-order valence-electron chi connectivity index (χ0n) is 17.4. The van der Waals surface area contributed by atoms with Crippen molar-refractivity contribution in [3.63, 3.8) is 0 Å². The van der Waals surface area contributed by atoms with Crippen molar-refractivity contribution in [3.05, 3.63) is 93.5 Å². The number of carboxylic acid groups (broad SMARTS) is 1. The summed E-state index contributed by atoms with van der Waals surface area (Å²) in [6.45, 7) is 0. The smallest absolute Gasteiger partial charge is 0.346 e. The van der Waals surface area contributed by atoms with E-state index in [0.717, 1.165) is 30.5 Å². The van der Waals surface area contributed by atoms with Crippen LogP contribution in [0, 0.1) is 0 Å². The van der Waals surface area contributed by atoms with Crippen LogP contribution in [0.2, 0.25) is 0 Å². The Bertz CT molecular complexity index is 1120. The van der Waals surface area contributed by atoms with Gasteiger partial charge in [-0.2, -0.15) is 9.97 Å². The highest BCUT2D eigenvalue weighted by atomic mass is 16.5. The van der Waals surface area contributed by atoms with Gasteiger partial charge in [-0.1, -0.05) is 65.8 Å². The molecular weight excluding hydrogens is 410 g/mol. The minimum Gasteiger partial charge on any atom is -0.481 e. The molecule has 1 aliphatic carbocycles. The van der Waals surface area contributed by atoms with E-state index in [-0.39, 0.29) is 6.01 Å². The molecule has 1 aromatic heterocycles. The van der Waals surface area contributed by atoms with Crippen LogP contribution in [0.3, 0.4) is 0 Å². The molecular formula is C23H21N5O4. The van der Waals surface area contributed by atoms with Gasteiger partial charge in [-0.25, -0.2) is 4.79 Å². The van der Waals surface area contributed by atoms with Gasteiger partial charge in [0.25, 0.3) is 0 Å². The first kappa shape index (κ1) is 21.1. The number of aliphatic carboxylic acids is 1. The summed E-state index contributed by atoms with van der Waals surface area (Å²) in [5.74, 6) is -0.964. The molecule has 1 N–H and O–H groups in total. The van der Waals surface area contributed by atoms with Crippen molar-refractivity contribution < 1.29 is 19.4 Å². The average molecular weight is 431 g/mol. The number of benzene rings is 2. The summed E-state index contributed by atoms with van der Waals surface area (Å²) in [5.41, 5.74) is 10.4. The Morgan fingerprint density at radius 1 is 1.09 bits per heavy atom. The summed E-state index contributed by atoms with van der Waals surface area (Å²) >= 11 is 0. The fraction of sp³-hybridized carbons (Fsp3) is 0.261. The SMILES string of the molecule is COc1nc(OC(C(=O)O)C(N=[N+]=[N-])(c2ccccc2)c2ccccc2)nc2c1CCC2. The van der Waals surface area contributed by atoms with Crippen LogP contribution < -0.4 is 9.47 Å². The maximum absolute atomic E-state index is 12.6. The molecule has 0 saturated carbocycles. The van der Waals surface area contributed by atoms with E-state index < -0.39 is 17.6 Å². The molecule has 0 saturated heterocycles. The van der Waals surface area contributed by atoms with Crippen molar-refractivity contribution in [1.29, 1.82) is 0 Å². The van der Waals surface area contributed by atoms with Crippen LogP contribution >= 0.6 is 0 Å². The molecule has 1 aliphatic rings. The lowest BCUT2D eigenvalue weighted by atomic mass is 9.78. The maximum atomic E-state index is 12.6. The van der Waals surface area contributed by atoms with Crippen molar-refractivity contribution in [2.24, 2.45) is 5.11 Å². The first-order chi connectivity index (χ1) is 15.6. The Balaban J connectivity index is 1.90. The first-order valence-corrected chi connectivity index (χ1v) is 10.1. The van der Waals surface area contributed by atoms with Gasteiger partial charge in [-0.15, -0.1) is 0 Å². The molecule has 32 heavy (non-hydrogen) atoms. The third kappa shape index (κ3) is 3.70. The number of fused-ring (bicyclic) bond motifs is 1. The molecule has 3 aromatic rings. The van der Waals surface area contributed by atoms with E-state index in [1.807, 2.05) is 0 Å². The van der Waals surface area contributed by atoms with Crippen LogP contribution in [0.1, 0.15) is 28.8 Å². The molecule has 1 unspecified atom stereocenters. The van der Waals surface area contributed by atoms with Crippen LogP contribution in [0.15, 0.2) is 65.8 Å². The second kappa shape index (κ2) is 8.95. The molecule has 0 bridgehead atoms. The Kier molecular flexibility index (Phi) is 5.91. The summed E-state index contributed by atoms with van der Waals surface area (Å²) in [4.78, 5) is 24.3. The minimum absolute atomic E-state index is 0.140. The number of rotatable bonds is 8. The maximum Gasteiger partial charge on any atom is 0.346 e. The van der Waals surface area contributed by atoms with E-state index in [9.17, 15) is 15.4 Å². The molecule has 1 atom stereocenters. The Morgan fingerprint density at radius 2 is 1.72 bits per heavy atom. The fourth-order valence-electron chi connectivity index (χ4n) is 4.11. The topological polar surface area (TPSA) is 130 Å². The molecule has 162 valence electrons. The summed E-state index contributed by atoms with van der Waals surface area (Å²) in [6.07, 6.45) is 0.773. The lowest BCUT2D eigenvalue weighted by molar-refractivity contribution is -0.148. The van der Waals surface area contributed by atoms with Crippen LogP contribution in [0.5, 0.6) is 11.9 Å². The standard InChI is InChI=1S/C23H21N5O4/c1-31-20-17-13-8-14-18(17)25-22(26-20)32-19(21(29)30)23(27-28-24,15-9-4-2-5-10-15)16-11-6-3-7-12-16/h2-7,9-12,19H,8,13-14H2,1H3,(H,29,30). The van der Waals surface area contributed by atoms with Gasteiger partial charge < -0.3 is 14.6 Å². The fourth-order valence-corrected chi connectivity index (χ4v) is 4.11. The Morgan fingerprint density at radius 3 is 2.25 bits per heavy atom. The van der Waals surface area contributed by atoms with Crippen LogP contribution in [0.4, 0.5) is 0 Å². The van der Waals surface area contributed by atoms with Crippen molar-refractivity contribution >= 4 is 5.97 Å². The monoisotopic (exact) mass is 431 g/mol. The van der Waals surface area contributed by atoms with Crippen LogP contribution in [0.25, 0.3) is 10.4 Å². The normalized spacial score (nSPS) is 13.5. The number of hydrogen-bond acceptors (Lipinski definition) is 6. The van der Waals surface area contributed by atoms with E-state index in [0.29, 0.717) is 17.0 Å². The Labute approximate surface area is 184 Å². The minimum atomic E-state index is -1.71. The predicted octanol–water partition coefficient (Wildman–Crippen LogP) is 4.06. The molecule has 1 heterocycles. The molecule has 0 aliphatic heterocycles. The van der Waals surface area contributed by atoms with E-state index in [1.165, 1.54) is 7.11 Å². The number of methoxy groups -OCH3 is 1. The lowest BCUT2D eigenvalue weighted by Crippen LogP contribution is -2.48. The highest BCUT2D eigenvalue weighted by molar-refractivity contribution is 5.77. The molecule has 9 nitrogen and oxygen atoms in total. The molecule has 9 heteroatoms. The average Bonchev–Trinajstić information content (AvgIpc) is 3.30. The van der Waals surface area contributed by atoms with Gasteiger partial charge >= 0.3 is 12.0 Å². The Hall–Kier alpha value is -4.10. The number of azide groups is 1. The van der Waals surface area contributed by atoms with Gasteiger partial charge in [-0.05, 0) is 35.9 Å². The van der Waals surface area contributed by atoms with Gasteiger partial charge in [0.15, 0.2) is 0 Å². The number of carbonyl (C=O) groups is 1. The van der Waals surface area contributed by atoms with Gasteiger partial charge in [0.2, 0.25) is 12.0 Å². The number of carboxylic acids is 1. The number of aryl methyl sites for hydroxylation is 1. The number of ether oxygens (including phenoxy) is 2. The third-order valence-electron chi connectivity index (χ3n) is 5.53. The molecule has 0 amide bonds. The quantitative estimate of drug-likeness (QED) is 0.325. The zero-order chi connectivity index (χ0) is 22.6. The lowest BCUT2D eigenvalue weighted by Gasteiger charge is -2.34. The van der Waals surface area contributed by atoms with E-state index in [1.54, 1.807) is 60.7 Å². The summed E-state index contributed by atoms with van der Waals surface area (Å²) in [7, 11) is 1.50. The van der Waals surface area contributed by atoms with Crippen LogP contribution in [-0.4, -0.2) is 34.3 Å². The highest BCUT2D eigenvalue weighted by Gasteiger charge is 2.48. The van der Waals surface area contributed by atoms with Crippen molar-refractivity contribution in [2.45, 2.75) is 30.9 Å². The number of nitrogens with zero attached hydrogens (tertiary/aromatic N) is 5. The second-order valence-corrected chi connectivity index (χ2v) is 7.32. The summed E-state index contributed by atoms with van der Waals surface area (Å²) in [5, 5.41) is 14.3. The van der Waals surface area contributed by atoms with Gasteiger partial charge in [0.1, 0.15) is 5.54 Å². The predicted molar refractivity (Wildman–Crippen MR) is 115 cm³/mol. The van der Waals surface area contributed by atoms with Crippen molar-refractivity contribution in [1.82, 2.24) is 9.97 Å². The van der Waals surface area contributed by atoms with E-state index in [2.05, 4.69) is 20.0 Å². The summed E-state index contributed by atoms with van der Waals surface area (Å²) in [6, 6.07) is 17.2. The second-order valence-electron chi connectivity index (χ2n) is 7.32. The van der Waals surface area contributed by atoms with Crippen molar-refractivity contribution in [3.8, 4) is 11.9 Å². The van der Waals surface area contributed by atoms with Crippen molar-refractivity contribution in [2.75, 3.05) is 7.11 Å². The van der Waals surface area contributed by atoms with Gasteiger partial charge in [-0.3, -0.25) is 0 Å². The molecule has 0 fully saturated rings. The van der Waals surface area contributed by atoms with Crippen LogP contribution in [-0.2, 0) is 23.2 Å². The largest absolute Gasteiger partial charge is 0.481 e. The number of aromatic nitrogens is 2. The van der Waals surface area contributed by atoms with E-state index in [4.69, 9.17) is 9.47 Å². The molecule has 4 rings (SSSR count). The molecule has 0 spiro atoms. The highest BCUT2D eigenvalue weighted by Crippen LogP contribution is 2.40. The number of hydrogen-bond donors (Lipinski definition) is 1. The van der Waals surface area contributed by atoms with Gasteiger partial charge in [0, 0.05) is 10.5 Å². The first-order valence-electron chi connectivity index (χ1n) is 10.1. The summed E-state index contributed by atoms with van der Waals surface area (Å²) < 4.78 is 11.3. The third-order valence-corrected chi connectivity index (χ3v) is 5.53.